The van der Waals surface area contributed by atoms with Gasteiger partial charge in [-0.15, -0.1) is 0 Å². The van der Waals surface area contributed by atoms with Crippen LogP contribution in [-0.2, 0) is 14.8 Å². The van der Waals surface area contributed by atoms with Gasteiger partial charge in [0.15, 0.2) is 0 Å². The predicted octanol–water partition coefficient (Wildman–Crippen LogP) is 0.729. The van der Waals surface area contributed by atoms with Crippen LogP contribution in [0.5, 0.6) is 0 Å². The van der Waals surface area contributed by atoms with Gasteiger partial charge in [0, 0.05) is 25.3 Å². The number of rotatable bonds is 7. The molecule has 1 aliphatic rings. The predicted molar refractivity (Wildman–Crippen MR) is 83.1 cm³/mol. The fraction of sp³-hybridized carbons (Fsp3) is 0.571. The Hall–Kier alpha value is -1.15. The Labute approximate surface area is 126 Å². The molecule has 0 unspecified atom stereocenters. The van der Waals surface area contributed by atoms with Crippen molar-refractivity contribution in [1.29, 1.82) is 0 Å². The summed E-state index contributed by atoms with van der Waals surface area (Å²) in [7, 11) is -1.94. The number of nitrogens with one attached hydrogen (secondary N) is 2. The minimum absolute atomic E-state index is 0.281. The monoisotopic (exact) mass is 313 g/mol. The van der Waals surface area contributed by atoms with Crippen LogP contribution in [-0.4, -0.2) is 59.8 Å². The second-order valence-electron chi connectivity index (χ2n) is 4.97. The van der Waals surface area contributed by atoms with Gasteiger partial charge in [-0.1, -0.05) is 0 Å². The van der Waals surface area contributed by atoms with Crippen molar-refractivity contribution in [3.63, 3.8) is 0 Å². The quantitative estimate of drug-likeness (QED) is 0.726. The highest BCUT2D eigenvalue weighted by Crippen LogP contribution is 2.13. The lowest BCUT2D eigenvalue weighted by atomic mass is 10.3. The number of benzene rings is 1. The van der Waals surface area contributed by atoms with Gasteiger partial charge in [-0.05, 0) is 44.3 Å². The van der Waals surface area contributed by atoms with Crippen molar-refractivity contribution in [3.8, 4) is 0 Å². The summed E-state index contributed by atoms with van der Waals surface area (Å²) in [5.41, 5.74) is 0.937. The van der Waals surface area contributed by atoms with E-state index < -0.39 is 10.0 Å². The molecular weight excluding hydrogens is 290 g/mol. The molecule has 0 spiro atoms. The average molecular weight is 313 g/mol. The van der Waals surface area contributed by atoms with Gasteiger partial charge in [0.25, 0.3) is 0 Å². The number of hydrogen-bond donors (Lipinski definition) is 2. The van der Waals surface area contributed by atoms with E-state index in [9.17, 15) is 8.42 Å². The zero-order chi connectivity index (χ0) is 15.1. The molecule has 0 amide bonds. The number of nitrogens with zero attached hydrogens (tertiary/aromatic N) is 1. The van der Waals surface area contributed by atoms with Crippen LogP contribution in [0.15, 0.2) is 29.2 Å². The molecule has 0 saturated carbocycles. The molecule has 7 heteroatoms. The van der Waals surface area contributed by atoms with Crippen molar-refractivity contribution in [3.05, 3.63) is 24.3 Å². The zero-order valence-electron chi connectivity index (χ0n) is 12.3. The zero-order valence-corrected chi connectivity index (χ0v) is 13.2. The molecule has 1 aliphatic heterocycles. The molecule has 0 aliphatic carbocycles. The molecule has 0 atom stereocenters. The molecule has 1 fully saturated rings. The minimum atomic E-state index is -3.35. The summed E-state index contributed by atoms with van der Waals surface area (Å²) in [6, 6.07) is 6.80. The summed E-state index contributed by atoms with van der Waals surface area (Å²) in [6.45, 7) is 5.61. The van der Waals surface area contributed by atoms with Gasteiger partial charge in [0.2, 0.25) is 10.0 Å². The first-order valence-corrected chi connectivity index (χ1v) is 8.68. The van der Waals surface area contributed by atoms with Crippen molar-refractivity contribution >= 4 is 15.7 Å². The fourth-order valence-corrected chi connectivity index (χ4v) is 2.96. The van der Waals surface area contributed by atoms with Crippen molar-refractivity contribution in [2.24, 2.45) is 0 Å². The summed E-state index contributed by atoms with van der Waals surface area (Å²) in [6.07, 6.45) is 1.05. The molecular formula is C14H23N3O3S. The van der Waals surface area contributed by atoms with Gasteiger partial charge >= 0.3 is 0 Å². The molecule has 1 aromatic rings. The Morgan fingerprint density at radius 3 is 2.48 bits per heavy atom. The Kier molecular flexibility index (Phi) is 5.98. The Bertz CT molecular complexity index is 525. The first kappa shape index (κ1) is 16.2. The van der Waals surface area contributed by atoms with Gasteiger partial charge in [-0.2, -0.15) is 0 Å². The van der Waals surface area contributed by atoms with Gasteiger partial charge < -0.3 is 10.1 Å². The molecule has 118 valence electrons. The maximum absolute atomic E-state index is 11.6. The van der Waals surface area contributed by atoms with Crippen LogP contribution in [0, 0.1) is 0 Å². The van der Waals surface area contributed by atoms with Crippen molar-refractivity contribution in [1.82, 2.24) is 9.62 Å². The van der Waals surface area contributed by atoms with E-state index in [0.717, 1.165) is 51.5 Å². The van der Waals surface area contributed by atoms with Crippen LogP contribution >= 0.6 is 0 Å². The fourth-order valence-electron chi connectivity index (χ4n) is 2.23. The highest BCUT2D eigenvalue weighted by atomic mass is 32.2. The third kappa shape index (κ3) is 4.96. The molecule has 0 aromatic heterocycles. The SMILES string of the molecule is CNS(=O)(=O)c1ccc(NCCCN2CCOCC2)cc1. The molecule has 1 aromatic carbocycles. The Balaban J connectivity index is 1.73. The highest BCUT2D eigenvalue weighted by Gasteiger charge is 2.11. The number of anilines is 1. The second kappa shape index (κ2) is 7.74. The molecule has 2 N–H and O–H groups in total. The maximum Gasteiger partial charge on any atom is 0.240 e. The van der Waals surface area contributed by atoms with Crippen molar-refractivity contribution in [2.75, 3.05) is 51.8 Å². The van der Waals surface area contributed by atoms with E-state index in [0.29, 0.717) is 0 Å². The summed E-state index contributed by atoms with van der Waals surface area (Å²) in [4.78, 5) is 2.68. The van der Waals surface area contributed by atoms with Gasteiger partial charge in [-0.25, -0.2) is 13.1 Å². The molecule has 2 rings (SSSR count). The van der Waals surface area contributed by atoms with E-state index in [1.807, 2.05) is 0 Å². The van der Waals surface area contributed by atoms with Gasteiger partial charge in [-0.3, -0.25) is 4.90 Å². The lowest BCUT2D eigenvalue weighted by Gasteiger charge is -2.26. The van der Waals surface area contributed by atoms with E-state index in [1.165, 1.54) is 7.05 Å². The normalized spacial score (nSPS) is 16.8. The minimum Gasteiger partial charge on any atom is -0.385 e. The van der Waals surface area contributed by atoms with E-state index in [4.69, 9.17) is 4.74 Å². The number of morpholine rings is 1. The Morgan fingerprint density at radius 2 is 1.86 bits per heavy atom. The highest BCUT2D eigenvalue weighted by molar-refractivity contribution is 7.89. The molecule has 6 nitrogen and oxygen atoms in total. The second-order valence-corrected chi connectivity index (χ2v) is 6.85. The molecule has 1 heterocycles. The topological polar surface area (TPSA) is 70.7 Å². The van der Waals surface area contributed by atoms with Crippen molar-refractivity contribution in [2.45, 2.75) is 11.3 Å². The summed E-state index contributed by atoms with van der Waals surface area (Å²) in [5, 5.41) is 3.31. The molecule has 0 radical (unpaired) electrons. The van der Waals surface area contributed by atoms with Crippen LogP contribution in [0.25, 0.3) is 0 Å². The molecule has 21 heavy (non-hydrogen) atoms. The van der Waals surface area contributed by atoms with E-state index in [-0.39, 0.29) is 4.90 Å². The van der Waals surface area contributed by atoms with Gasteiger partial charge in [0.1, 0.15) is 0 Å². The first-order valence-electron chi connectivity index (χ1n) is 7.19. The van der Waals surface area contributed by atoms with E-state index in [2.05, 4.69) is 14.9 Å². The van der Waals surface area contributed by atoms with Crippen LogP contribution in [0.2, 0.25) is 0 Å². The van der Waals surface area contributed by atoms with E-state index >= 15 is 0 Å². The smallest absolute Gasteiger partial charge is 0.240 e. The molecule has 0 bridgehead atoms. The number of ether oxygens (including phenoxy) is 1. The lowest BCUT2D eigenvalue weighted by Crippen LogP contribution is -2.37. The third-order valence-corrected chi connectivity index (χ3v) is 4.95. The first-order chi connectivity index (χ1) is 10.1. The Morgan fingerprint density at radius 1 is 1.19 bits per heavy atom. The molecule has 1 saturated heterocycles. The third-order valence-electron chi connectivity index (χ3n) is 3.52. The van der Waals surface area contributed by atoms with Crippen LogP contribution in [0.4, 0.5) is 5.69 Å². The largest absolute Gasteiger partial charge is 0.385 e. The van der Waals surface area contributed by atoms with Crippen LogP contribution in [0.1, 0.15) is 6.42 Å². The van der Waals surface area contributed by atoms with Crippen molar-refractivity contribution < 1.29 is 13.2 Å². The van der Waals surface area contributed by atoms with Crippen LogP contribution < -0.4 is 10.0 Å². The number of sulfonamides is 1. The standard InChI is InChI=1S/C14H23N3O3S/c1-15-21(18,19)14-5-3-13(4-6-14)16-7-2-8-17-9-11-20-12-10-17/h3-6,15-16H,2,7-12H2,1H3. The summed E-state index contributed by atoms with van der Waals surface area (Å²) >= 11 is 0. The van der Waals surface area contributed by atoms with Crippen LogP contribution in [0.3, 0.4) is 0 Å². The average Bonchev–Trinajstić information content (AvgIpc) is 2.53. The maximum atomic E-state index is 11.6. The van der Waals surface area contributed by atoms with Gasteiger partial charge in [0.05, 0.1) is 18.1 Å². The summed E-state index contributed by atoms with van der Waals surface area (Å²) < 4.78 is 30.8. The lowest BCUT2D eigenvalue weighted by molar-refractivity contribution is 0.0378. The van der Waals surface area contributed by atoms with E-state index in [1.54, 1.807) is 24.3 Å². The summed E-state index contributed by atoms with van der Waals surface area (Å²) in [5.74, 6) is 0. The number of hydrogen-bond acceptors (Lipinski definition) is 5.